The first-order valence-corrected chi connectivity index (χ1v) is 10.1. The van der Waals surface area contributed by atoms with Gasteiger partial charge in [-0.05, 0) is 41.8 Å². The van der Waals surface area contributed by atoms with Gasteiger partial charge in [0.05, 0.1) is 19.6 Å². The summed E-state index contributed by atoms with van der Waals surface area (Å²) in [6.45, 7) is 1.59. The molecule has 0 aliphatic rings. The number of pyridine rings is 1. The third-order valence-corrected chi connectivity index (χ3v) is 5.15. The lowest BCUT2D eigenvalue weighted by atomic mass is 9.98. The number of carboxylic acid groups (broad SMARTS) is 1. The molecule has 0 fully saturated rings. The SMILES string of the molecule is COc1cccc(-c2cccc(C(CC(=O)O)NC(=O)Nc3c(O)c(C)cn(C)c3=O)c2)c1. The Bertz CT molecular complexity index is 1250. The van der Waals surface area contributed by atoms with Gasteiger partial charge >= 0.3 is 12.0 Å². The van der Waals surface area contributed by atoms with E-state index in [0.29, 0.717) is 16.9 Å². The van der Waals surface area contributed by atoms with E-state index >= 15 is 0 Å². The highest BCUT2D eigenvalue weighted by Gasteiger charge is 2.21. The number of carboxylic acids is 1. The normalized spacial score (nSPS) is 11.5. The molecule has 9 nitrogen and oxygen atoms in total. The van der Waals surface area contributed by atoms with E-state index < -0.39 is 23.6 Å². The fourth-order valence-corrected chi connectivity index (χ4v) is 3.47. The molecule has 0 bridgehead atoms. The molecule has 2 aromatic carbocycles. The van der Waals surface area contributed by atoms with Crippen molar-refractivity contribution in [1.29, 1.82) is 0 Å². The number of aromatic hydroxyl groups is 1. The number of aromatic nitrogens is 1. The van der Waals surface area contributed by atoms with Crippen LogP contribution in [0, 0.1) is 6.92 Å². The number of hydrogen-bond donors (Lipinski definition) is 4. The Morgan fingerprint density at radius 1 is 1.12 bits per heavy atom. The number of methoxy groups -OCH3 is 1. The van der Waals surface area contributed by atoms with Crippen LogP contribution in [-0.4, -0.2) is 33.9 Å². The van der Waals surface area contributed by atoms with Gasteiger partial charge in [-0.3, -0.25) is 9.59 Å². The van der Waals surface area contributed by atoms with Gasteiger partial charge in [0.1, 0.15) is 11.5 Å². The minimum Gasteiger partial charge on any atom is -0.505 e. The Morgan fingerprint density at radius 2 is 1.79 bits per heavy atom. The highest BCUT2D eigenvalue weighted by molar-refractivity contribution is 5.91. The van der Waals surface area contributed by atoms with Crippen LogP contribution < -0.4 is 20.9 Å². The van der Waals surface area contributed by atoms with Gasteiger partial charge in [-0.15, -0.1) is 0 Å². The third kappa shape index (κ3) is 5.51. The molecule has 3 aromatic rings. The molecule has 0 saturated carbocycles. The number of aryl methyl sites for hydroxylation is 2. The Kier molecular flexibility index (Phi) is 7.02. The summed E-state index contributed by atoms with van der Waals surface area (Å²) in [5, 5.41) is 24.5. The van der Waals surface area contributed by atoms with E-state index in [1.54, 1.807) is 32.2 Å². The maximum Gasteiger partial charge on any atom is 0.319 e. The molecule has 33 heavy (non-hydrogen) atoms. The molecular weight excluding hydrogens is 426 g/mol. The van der Waals surface area contributed by atoms with Crippen molar-refractivity contribution < 1.29 is 24.5 Å². The molecule has 1 aromatic heterocycles. The van der Waals surface area contributed by atoms with Crippen molar-refractivity contribution in [2.24, 2.45) is 7.05 Å². The number of aliphatic carboxylic acids is 1. The number of nitrogens with zero attached hydrogens (tertiary/aromatic N) is 1. The first-order valence-electron chi connectivity index (χ1n) is 10.1. The molecule has 3 rings (SSSR count). The van der Waals surface area contributed by atoms with Crippen molar-refractivity contribution in [3.05, 3.63) is 76.2 Å². The van der Waals surface area contributed by atoms with Gasteiger partial charge in [0.25, 0.3) is 5.56 Å². The maximum absolute atomic E-state index is 12.7. The van der Waals surface area contributed by atoms with E-state index in [9.17, 15) is 24.6 Å². The zero-order valence-corrected chi connectivity index (χ0v) is 18.5. The van der Waals surface area contributed by atoms with E-state index in [0.717, 1.165) is 11.1 Å². The van der Waals surface area contributed by atoms with Crippen molar-refractivity contribution in [2.45, 2.75) is 19.4 Å². The highest BCUT2D eigenvalue weighted by atomic mass is 16.5. The Balaban J connectivity index is 1.89. The molecule has 2 amide bonds. The van der Waals surface area contributed by atoms with Crippen molar-refractivity contribution in [1.82, 2.24) is 9.88 Å². The molecule has 1 atom stereocenters. The van der Waals surface area contributed by atoms with Gasteiger partial charge in [-0.25, -0.2) is 4.79 Å². The van der Waals surface area contributed by atoms with Crippen LogP contribution in [0.25, 0.3) is 11.1 Å². The fraction of sp³-hybridized carbons (Fsp3) is 0.208. The molecule has 0 aliphatic carbocycles. The molecule has 0 aliphatic heterocycles. The predicted molar refractivity (Wildman–Crippen MR) is 124 cm³/mol. The minimum atomic E-state index is -1.11. The number of carbonyl (C=O) groups excluding carboxylic acids is 1. The standard InChI is InChI=1S/C24H25N3O6/c1-14-13-27(2)23(31)21(22(14)30)26-24(32)25-19(12-20(28)29)17-8-4-6-15(10-17)16-7-5-9-18(11-16)33-3/h4-11,13,19,30H,12H2,1-3H3,(H,28,29)(H2,25,26,32). The Labute approximate surface area is 190 Å². The number of anilines is 1. The lowest BCUT2D eigenvalue weighted by Crippen LogP contribution is -2.36. The van der Waals surface area contributed by atoms with Crippen LogP contribution >= 0.6 is 0 Å². The molecule has 0 spiro atoms. The third-order valence-electron chi connectivity index (χ3n) is 5.15. The zero-order chi connectivity index (χ0) is 24.1. The summed E-state index contributed by atoms with van der Waals surface area (Å²) in [6.07, 6.45) is 1.06. The molecule has 0 saturated heterocycles. The summed E-state index contributed by atoms with van der Waals surface area (Å²) in [7, 11) is 3.06. The monoisotopic (exact) mass is 451 g/mol. The summed E-state index contributed by atoms with van der Waals surface area (Å²) in [4.78, 5) is 36.5. The average Bonchev–Trinajstić information content (AvgIpc) is 2.80. The van der Waals surface area contributed by atoms with Gasteiger partial charge in [0.15, 0.2) is 5.69 Å². The zero-order valence-electron chi connectivity index (χ0n) is 18.5. The van der Waals surface area contributed by atoms with Gasteiger partial charge in [0.2, 0.25) is 0 Å². The van der Waals surface area contributed by atoms with Crippen LogP contribution in [0.1, 0.15) is 23.6 Å². The second-order valence-corrected chi connectivity index (χ2v) is 7.56. The number of carbonyl (C=O) groups is 2. The van der Waals surface area contributed by atoms with Gasteiger partial charge in [0, 0.05) is 18.8 Å². The van der Waals surface area contributed by atoms with E-state index in [4.69, 9.17) is 4.74 Å². The lowest BCUT2D eigenvalue weighted by Gasteiger charge is -2.19. The highest BCUT2D eigenvalue weighted by Crippen LogP contribution is 2.28. The molecule has 4 N–H and O–H groups in total. The van der Waals surface area contributed by atoms with Crippen LogP contribution in [-0.2, 0) is 11.8 Å². The van der Waals surface area contributed by atoms with Crippen molar-refractivity contribution in [2.75, 3.05) is 12.4 Å². The topological polar surface area (TPSA) is 130 Å². The molecular formula is C24H25N3O6. The molecule has 1 heterocycles. The number of nitrogens with one attached hydrogen (secondary N) is 2. The van der Waals surface area contributed by atoms with Gasteiger partial charge in [-0.1, -0.05) is 30.3 Å². The fourth-order valence-electron chi connectivity index (χ4n) is 3.47. The number of ether oxygens (including phenoxy) is 1. The largest absolute Gasteiger partial charge is 0.505 e. The maximum atomic E-state index is 12.7. The second-order valence-electron chi connectivity index (χ2n) is 7.56. The van der Waals surface area contributed by atoms with E-state index in [-0.39, 0.29) is 17.9 Å². The number of benzene rings is 2. The van der Waals surface area contributed by atoms with Crippen LogP contribution in [0.2, 0.25) is 0 Å². The number of hydrogen-bond acceptors (Lipinski definition) is 5. The molecule has 9 heteroatoms. The summed E-state index contributed by atoms with van der Waals surface area (Å²) < 4.78 is 6.49. The summed E-state index contributed by atoms with van der Waals surface area (Å²) >= 11 is 0. The Morgan fingerprint density at radius 3 is 2.45 bits per heavy atom. The summed E-state index contributed by atoms with van der Waals surface area (Å²) in [5.74, 6) is -0.776. The second kappa shape index (κ2) is 9.90. The van der Waals surface area contributed by atoms with Gasteiger partial charge in [-0.2, -0.15) is 0 Å². The Hall–Kier alpha value is -4.27. The first-order chi connectivity index (χ1) is 15.7. The van der Waals surface area contributed by atoms with Crippen LogP contribution in [0.3, 0.4) is 0 Å². The van der Waals surface area contributed by atoms with Gasteiger partial charge < -0.3 is 30.2 Å². The average molecular weight is 451 g/mol. The lowest BCUT2D eigenvalue weighted by molar-refractivity contribution is -0.137. The van der Waals surface area contributed by atoms with Crippen molar-refractivity contribution >= 4 is 17.7 Å². The quantitative estimate of drug-likeness (QED) is 0.436. The molecule has 172 valence electrons. The van der Waals surface area contributed by atoms with Crippen LogP contribution in [0.4, 0.5) is 10.5 Å². The van der Waals surface area contributed by atoms with E-state index in [1.165, 1.54) is 17.8 Å². The smallest absolute Gasteiger partial charge is 0.319 e. The van der Waals surface area contributed by atoms with Crippen molar-refractivity contribution in [3.8, 4) is 22.6 Å². The van der Waals surface area contributed by atoms with Crippen molar-refractivity contribution in [3.63, 3.8) is 0 Å². The molecule has 0 radical (unpaired) electrons. The molecule has 1 unspecified atom stereocenters. The number of amides is 2. The van der Waals surface area contributed by atoms with Crippen LogP contribution in [0.5, 0.6) is 11.5 Å². The van der Waals surface area contributed by atoms with E-state index in [2.05, 4.69) is 10.6 Å². The van der Waals surface area contributed by atoms with Crippen LogP contribution in [0.15, 0.2) is 59.5 Å². The minimum absolute atomic E-state index is 0.283. The summed E-state index contributed by atoms with van der Waals surface area (Å²) in [5.41, 5.74) is 1.77. The number of rotatable bonds is 7. The summed E-state index contributed by atoms with van der Waals surface area (Å²) in [6, 6.07) is 12.8. The number of urea groups is 1. The van der Waals surface area contributed by atoms with E-state index in [1.807, 2.05) is 30.3 Å². The first kappa shape index (κ1) is 23.4. The predicted octanol–water partition coefficient (Wildman–Crippen LogP) is 3.41.